The second-order valence-corrected chi connectivity index (χ2v) is 9.04. The lowest BCUT2D eigenvalue weighted by Gasteiger charge is -2.40. The van der Waals surface area contributed by atoms with Crippen molar-refractivity contribution >= 4 is 11.9 Å². The molecule has 2 N–H and O–H groups in total. The molecule has 2 aromatic carbocycles. The summed E-state index contributed by atoms with van der Waals surface area (Å²) >= 11 is 0. The van der Waals surface area contributed by atoms with Gasteiger partial charge in [-0.05, 0) is 24.0 Å². The van der Waals surface area contributed by atoms with E-state index in [1.807, 2.05) is 12.1 Å². The first-order valence-corrected chi connectivity index (χ1v) is 12.3. The highest BCUT2D eigenvalue weighted by molar-refractivity contribution is 5.93. The van der Waals surface area contributed by atoms with Gasteiger partial charge < -0.3 is 15.0 Å². The van der Waals surface area contributed by atoms with E-state index in [1.165, 1.54) is 17.3 Å². The van der Waals surface area contributed by atoms with Gasteiger partial charge in [0.25, 0.3) is 11.5 Å². The number of benzene rings is 2. The van der Waals surface area contributed by atoms with Gasteiger partial charge >= 0.3 is 0 Å². The standard InChI is InChI=1S/C27H31N5O3/c33-25(28-18-22-12-7-17-35-22)23-19-29-27(30-26(23)34)32-15-13-31(14-16-32)24(20-8-3-1-4-9-20)21-10-5-2-6-11-21/h1-6,8-11,19,22,24H,7,12-18H2,(H,28,33)(H,29,30,34). The number of carbonyl (C=O) groups is 1. The quantitative estimate of drug-likeness (QED) is 0.548. The minimum absolute atomic E-state index is 0.0251. The Kier molecular flexibility index (Phi) is 7.20. The molecule has 2 aliphatic rings. The van der Waals surface area contributed by atoms with Crippen LogP contribution in [-0.2, 0) is 4.74 Å². The summed E-state index contributed by atoms with van der Waals surface area (Å²) in [5.74, 6) is 0.0838. The number of H-pyrrole nitrogens is 1. The number of rotatable bonds is 7. The SMILES string of the molecule is O=C(NCC1CCCO1)c1cnc(N2CCN(C(c3ccccc3)c3ccccc3)CC2)[nH]c1=O. The molecule has 5 rings (SSSR count). The lowest BCUT2D eigenvalue weighted by molar-refractivity contribution is 0.0856. The fourth-order valence-corrected chi connectivity index (χ4v) is 4.89. The molecule has 1 atom stereocenters. The Morgan fingerprint density at radius 2 is 1.69 bits per heavy atom. The third-order valence-corrected chi connectivity index (χ3v) is 6.75. The molecule has 0 radical (unpaired) electrons. The van der Waals surface area contributed by atoms with Gasteiger partial charge in [-0.15, -0.1) is 0 Å². The normalized spacial score (nSPS) is 18.7. The van der Waals surface area contributed by atoms with Crippen molar-refractivity contribution in [3.8, 4) is 0 Å². The first kappa shape index (κ1) is 23.3. The van der Waals surface area contributed by atoms with E-state index in [9.17, 15) is 9.59 Å². The zero-order valence-electron chi connectivity index (χ0n) is 19.7. The zero-order chi connectivity index (χ0) is 24.0. The first-order valence-electron chi connectivity index (χ1n) is 12.3. The van der Waals surface area contributed by atoms with Gasteiger partial charge in [-0.1, -0.05) is 60.7 Å². The van der Waals surface area contributed by atoms with Gasteiger partial charge in [0.2, 0.25) is 5.95 Å². The van der Waals surface area contributed by atoms with Crippen molar-refractivity contribution in [2.75, 3.05) is 44.2 Å². The number of ether oxygens (including phenoxy) is 1. The number of carbonyl (C=O) groups excluding carboxylic acids is 1. The number of piperazine rings is 1. The molecule has 182 valence electrons. The van der Waals surface area contributed by atoms with Crippen molar-refractivity contribution in [1.29, 1.82) is 0 Å². The third-order valence-electron chi connectivity index (χ3n) is 6.75. The maximum Gasteiger partial charge on any atom is 0.265 e. The Labute approximate surface area is 204 Å². The second kappa shape index (κ2) is 10.8. The molecule has 0 aliphatic carbocycles. The first-order chi connectivity index (χ1) is 17.2. The van der Waals surface area contributed by atoms with Crippen LogP contribution in [-0.4, -0.2) is 66.2 Å². The highest BCUT2D eigenvalue weighted by Gasteiger charge is 2.27. The average Bonchev–Trinajstić information content (AvgIpc) is 3.43. The van der Waals surface area contributed by atoms with E-state index < -0.39 is 11.5 Å². The van der Waals surface area contributed by atoms with Gasteiger partial charge in [0.05, 0.1) is 12.1 Å². The maximum absolute atomic E-state index is 12.6. The van der Waals surface area contributed by atoms with Crippen LogP contribution in [0.15, 0.2) is 71.7 Å². The summed E-state index contributed by atoms with van der Waals surface area (Å²) in [7, 11) is 0. The Morgan fingerprint density at radius 1 is 1.03 bits per heavy atom. The zero-order valence-corrected chi connectivity index (χ0v) is 19.7. The van der Waals surface area contributed by atoms with Gasteiger partial charge in [0, 0.05) is 45.5 Å². The largest absolute Gasteiger partial charge is 0.376 e. The van der Waals surface area contributed by atoms with Crippen LogP contribution in [0.5, 0.6) is 0 Å². The summed E-state index contributed by atoms with van der Waals surface area (Å²) in [5, 5.41) is 2.79. The van der Waals surface area contributed by atoms with Gasteiger partial charge in [0.15, 0.2) is 0 Å². The Balaban J connectivity index is 1.24. The van der Waals surface area contributed by atoms with Crippen LogP contribution in [0.1, 0.15) is 40.4 Å². The van der Waals surface area contributed by atoms with E-state index in [-0.39, 0.29) is 17.7 Å². The molecule has 2 fully saturated rings. The smallest absolute Gasteiger partial charge is 0.265 e. The molecule has 0 spiro atoms. The molecule has 0 saturated carbocycles. The summed E-state index contributed by atoms with van der Waals surface area (Å²) in [4.78, 5) is 36.8. The van der Waals surface area contributed by atoms with E-state index in [0.717, 1.165) is 45.6 Å². The molecular weight excluding hydrogens is 442 g/mol. The van der Waals surface area contributed by atoms with Crippen molar-refractivity contribution < 1.29 is 9.53 Å². The lowest BCUT2D eigenvalue weighted by atomic mass is 9.96. The van der Waals surface area contributed by atoms with E-state index in [0.29, 0.717) is 12.5 Å². The van der Waals surface area contributed by atoms with Crippen molar-refractivity contribution in [3.63, 3.8) is 0 Å². The number of amides is 1. The van der Waals surface area contributed by atoms with E-state index in [4.69, 9.17) is 4.74 Å². The van der Waals surface area contributed by atoms with E-state index >= 15 is 0 Å². The lowest BCUT2D eigenvalue weighted by Crippen LogP contribution is -2.49. The van der Waals surface area contributed by atoms with Crippen LogP contribution >= 0.6 is 0 Å². The van der Waals surface area contributed by atoms with E-state index in [2.05, 4.69) is 73.6 Å². The monoisotopic (exact) mass is 473 g/mol. The number of anilines is 1. The Hall–Kier alpha value is -3.49. The molecule has 35 heavy (non-hydrogen) atoms. The molecular formula is C27H31N5O3. The highest BCUT2D eigenvalue weighted by Crippen LogP contribution is 2.29. The van der Waals surface area contributed by atoms with E-state index in [1.54, 1.807) is 0 Å². The number of nitrogens with zero attached hydrogens (tertiary/aromatic N) is 3. The fourth-order valence-electron chi connectivity index (χ4n) is 4.89. The van der Waals surface area contributed by atoms with Crippen LogP contribution in [0.3, 0.4) is 0 Å². The van der Waals surface area contributed by atoms with Crippen LogP contribution in [0, 0.1) is 0 Å². The Bertz CT molecular complexity index is 1130. The predicted molar refractivity (Wildman–Crippen MR) is 135 cm³/mol. The molecule has 2 saturated heterocycles. The molecule has 3 heterocycles. The molecule has 1 amide bonds. The summed E-state index contributed by atoms with van der Waals surface area (Å²) in [5.41, 5.74) is 2.13. The molecule has 1 aromatic heterocycles. The van der Waals surface area contributed by atoms with Crippen molar-refractivity contribution in [1.82, 2.24) is 20.2 Å². The molecule has 2 aliphatic heterocycles. The van der Waals surface area contributed by atoms with Gasteiger partial charge in [0.1, 0.15) is 5.56 Å². The molecule has 8 heteroatoms. The fraction of sp³-hybridized carbons (Fsp3) is 0.370. The number of hydrogen-bond donors (Lipinski definition) is 2. The van der Waals surface area contributed by atoms with Crippen molar-refractivity contribution in [2.45, 2.75) is 25.0 Å². The van der Waals surface area contributed by atoms with Gasteiger partial charge in [-0.3, -0.25) is 19.5 Å². The Morgan fingerprint density at radius 3 is 2.26 bits per heavy atom. The summed E-state index contributed by atoms with van der Waals surface area (Å²) in [6, 6.07) is 21.2. The molecule has 1 unspecified atom stereocenters. The molecule has 3 aromatic rings. The topological polar surface area (TPSA) is 90.6 Å². The summed E-state index contributed by atoms with van der Waals surface area (Å²) < 4.78 is 5.52. The number of hydrogen-bond acceptors (Lipinski definition) is 6. The van der Waals surface area contributed by atoms with Crippen LogP contribution in [0.25, 0.3) is 0 Å². The van der Waals surface area contributed by atoms with Gasteiger partial charge in [-0.2, -0.15) is 0 Å². The van der Waals surface area contributed by atoms with Crippen LogP contribution < -0.4 is 15.8 Å². The maximum atomic E-state index is 12.6. The summed E-state index contributed by atoms with van der Waals surface area (Å²) in [6.07, 6.45) is 3.33. The number of nitrogens with one attached hydrogen (secondary N) is 2. The second-order valence-electron chi connectivity index (χ2n) is 9.04. The predicted octanol–water partition coefficient (Wildman–Crippen LogP) is 2.59. The summed E-state index contributed by atoms with van der Waals surface area (Å²) in [6.45, 7) is 4.23. The third kappa shape index (κ3) is 5.44. The average molecular weight is 474 g/mol. The van der Waals surface area contributed by atoms with Crippen molar-refractivity contribution in [2.24, 2.45) is 0 Å². The minimum Gasteiger partial charge on any atom is -0.376 e. The van der Waals surface area contributed by atoms with Gasteiger partial charge in [-0.25, -0.2) is 4.98 Å². The van der Waals surface area contributed by atoms with Crippen LogP contribution in [0.2, 0.25) is 0 Å². The minimum atomic E-state index is -0.422. The van der Waals surface area contributed by atoms with Crippen molar-refractivity contribution in [3.05, 3.63) is 93.9 Å². The number of aromatic amines is 1. The molecule has 8 nitrogen and oxygen atoms in total. The number of aromatic nitrogens is 2. The van der Waals surface area contributed by atoms with Crippen LogP contribution in [0.4, 0.5) is 5.95 Å². The molecule has 0 bridgehead atoms. The highest BCUT2D eigenvalue weighted by atomic mass is 16.5.